The van der Waals surface area contributed by atoms with Crippen LogP contribution in [0.5, 0.6) is 0 Å². The topological polar surface area (TPSA) is 15.7 Å². The van der Waals surface area contributed by atoms with Gasteiger partial charge in [0.1, 0.15) is 0 Å². The van der Waals surface area contributed by atoms with E-state index in [0.29, 0.717) is 6.10 Å². The monoisotopic (exact) mass is 252 g/mol. The first-order valence-corrected chi connectivity index (χ1v) is 8.00. The third kappa shape index (κ3) is 3.25. The van der Waals surface area contributed by atoms with Crippen molar-refractivity contribution in [3.63, 3.8) is 0 Å². The van der Waals surface area contributed by atoms with Crippen LogP contribution in [0.2, 0.25) is 0 Å². The Morgan fingerprint density at radius 1 is 0.833 bits per heavy atom. The minimum absolute atomic E-state index is 0.534. The number of ether oxygens (including phenoxy) is 1. The van der Waals surface area contributed by atoms with Crippen LogP contribution in [-0.2, 0) is 4.74 Å². The number of hydrogen-bond acceptors (Lipinski definition) is 3. The van der Waals surface area contributed by atoms with Crippen LogP contribution >= 0.6 is 0 Å². The van der Waals surface area contributed by atoms with Crippen molar-refractivity contribution in [3.05, 3.63) is 0 Å². The lowest BCUT2D eigenvalue weighted by molar-refractivity contribution is 0.0601. The summed E-state index contributed by atoms with van der Waals surface area (Å²) in [6, 6.07) is 0.812. The van der Waals surface area contributed by atoms with E-state index in [1.165, 1.54) is 77.7 Å². The molecule has 0 unspecified atom stereocenters. The molecular weight excluding hydrogens is 224 g/mol. The van der Waals surface area contributed by atoms with Gasteiger partial charge in [-0.2, -0.15) is 0 Å². The lowest BCUT2D eigenvalue weighted by atomic mass is 10.1. The Hall–Kier alpha value is -0.120. The Labute approximate surface area is 111 Å². The summed E-state index contributed by atoms with van der Waals surface area (Å²) in [6.45, 7) is 7.48. The highest BCUT2D eigenvalue weighted by Crippen LogP contribution is 2.23. The van der Waals surface area contributed by atoms with Crippen LogP contribution in [0.25, 0.3) is 0 Å². The van der Waals surface area contributed by atoms with Gasteiger partial charge in [-0.25, -0.2) is 0 Å². The molecule has 3 fully saturated rings. The molecule has 0 aromatic rings. The predicted octanol–water partition coefficient (Wildman–Crippen LogP) is 2.12. The van der Waals surface area contributed by atoms with Crippen molar-refractivity contribution in [2.24, 2.45) is 0 Å². The van der Waals surface area contributed by atoms with Gasteiger partial charge in [0.15, 0.2) is 0 Å². The lowest BCUT2D eigenvalue weighted by Gasteiger charge is -2.33. The summed E-state index contributed by atoms with van der Waals surface area (Å²) >= 11 is 0. The van der Waals surface area contributed by atoms with E-state index in [9.17, 15) is 0 Å². The molecule has 3 heterocycles. The summed E-state index contributed by atoms with van der Waals surface area (Å²) in [5.74, 6) is 0. The Balaban J connectivity index is 1.47. The second-order valence-corrected chi connectivity index (χ2v) is 6.29. The Kier molecular flexibility index (Phi) is 4.55. The highest BCUT2D eigenvalue weighted by Gasteiger charge is 2.29. The number of nitrogens with zero attached hydrogens (tertiary/aromatic N) is 2. The van der Waals surface area contributed by atoms with E-state index >= 15 is 0 Å². The summed E-state index contributed by atoms with van der Waals surface area (Å²) < 4.78 is 5.80. The van der Waals surface area contributed by atoms with Crippen molar-refractivity contribution in [1.82, 2.24) is 9.80 Å². The molecule has 3 rings (SSSR count). The van der Waals surface area contributed by atoms with E-state index in [1.807, 2.05) is 0 Å². The molecule has 0 spiro atoms. The van der Waals surface area contributed by atoms with Gasteiger partial charge in [0.25, 0.3) is 0 Å². The third-order valence-corrected chi connectivity index (χ3v) is 4.88. The van der Waals surface area contributed by atoms with E-state index in [-0.39, 0.29) is 0 Å². The van der Waals surface area contributed by atoms with E-state index < -0.39 is 0 Å². The molecule has 0 N–H and O–H groups in total. The minimum atomic E-state index is 0.534. The van der Waals surface area contributed by atoms with Crippen LogP contribution < -0.4 is 0 Å². The van der Waals surface area contributed by atoms with Gasteiger partial charge in [-0.05, 0) is 58.2 Å². The van der Waals surface area contributed by atoms with Crippen molar-refractivity contribution >= 4 is 0 Å². The SMILES string of the molecule is C1CCN(C[C@@H]2CCCN2C[C@@H]2CCCO2)CC1. The average Bonchev–Trinajstić information content (AvgIpc) is 3.04. The highest BCUT2D eigenvalue weighted by molar-refractivity contribution is 4.85. The molecule has 104 valence electrons. The van der Waals surface area contributed by atoms with E-state index in [0.717, 1.165) is 12.6 Å². The maximum atomic E-state index is 5.80. The molecule has 3 aliphatic rings. The van der Waals surface area contributed by atoms with Crippen LogP contribution in [0.1, 0.15) is 44.9 Å². The van der Waals surface area contributed by atoms with Gasteiger partial charge in [-0.15, -0.1) is 0 Å². The van der Waals surface area contributed by atoms with Gasteiger partial charge in [-0.3, -0.25) is 4.90 Å². The molecule has 3 nitrogen and oxygen atoms in total. The summed E-state index contributed by atoms with van der Waals surface area (Å²) in [6.07, 6.45) is 10.2. The van der Waals surface area contributed by atoms with E-state index in [2.05, 4.69) is 9.80 Å². The molecule has 3 saturated heterocycles. The van der Waals surface area contributed by atoms with Gasteiger partial charge in [0, 0.05) is 25.7 Å². The van der Waals surface area contributed by atoms with Crippen LogP contribution in [-0.4, -0.2) is 61.3 Å². The molecule has 3 aliphatic heterocycles. The second-order valence-electron chi connectivity index (χ2n) is 6.29. The Morgan fingerprint density at radius 2 is 1.72 bits per heavy atom. The molecule has 0 saturated carbocycles. The first-order chi connectivity index (χ1) is 8.92. The molecular formula is C15H28N2O. The molecule has 0 bridgehead atoms. The molecule has 0 radical (unpaired) electrons. The van der Waals surface area contributed by atoms with Crippen LogP contribution in [0.3, 0.4) is 0 Å². The lowest BCUT2D eigenvalue weighted by Crippen LogP contribution is -2.44. The van der Waals surface area contributed by atoms with Gasteiger partial charge in [-0.1, -0.05) is 6.42 Å². The molecule has 2 atom stereocenters. The Morgan fingerprint density at radius 3 is 2.50 bits per heavy atom. The molecule has 0 aromatic carbocycles. The molecule has 0 aromatic heterocycles. The van der Waals surface area contributed by atoms with Crippen molar-refractivity contribution < 1.29 is 4.74 Å². The third-order valence-electron chi connectivity index (χ3n) is 4.88. The quantitative estimate of drug-likeness (QED) is 0.762. The smallest absolute Gasteiger partial charge is 0.0702 e. The van der Waals surface area contributed by atoms with Gasteiger partial charge < -0.3 is 9.64 Å². The zero-order valence-electron chi connectivity index (χ0n) is 11.6. The molecule has 3 heteroatoms. The molecule has 0 amide bonds. The van der Waals surface area contributed by atoms with Crippen LogP contribution in [0.15, 0.2) is 0 Å². The maximum absolute atomic E-state index is 5.80. The fourth-order valence-corrected chi connectivity index (χ4v) is 3.83. The molecule has 0 aliphatic carbocycles. The van der Waals surface area contributed by atoms with Gasteiger partial charge in [0.2, 0.25) is 0 Å². The summed E-state index contributed by atoms with van der Waals surface area (Å²) in [5, 5.41) is 0. The second kappa shape index (κ2) is 6.36. The van der Waals surface area contributed by atoms with Crippen molar-refractivity contribution in [1.29, 1.82) is 0 Å². The minimum Gasteiger partial charge on any atom is -0.377 e. The summed E-state index contributed by atoms with van der Waals surface area (Å²) in [5.41, 5.74) is 0. The van der Waals surface area contributed by atoms with E-state index in [1.54, 1.807) is 0 Å². The van der Waals surface area contributed by atoms with Crippen molar-refractivity contribution in [3.8, 4) is 0 Å². The normalized spacial score (nSPS) is 35.3. The fraction of sp³-hybridized carbons (Fsp3) is 1.00. The maximum Gasteiger partial charge on any atom is 0.0702 e. The van der Waals surface area contributed by atoms with Crippen LogP contribution in [0, 0.1) is 0 Å². The zero-order chi connectivity index (χ0) is 12.2. The number of hydrogen-bond donors (Lipinski definition) is 0. The molecule has 18 heavy (non-hydrogen) atoms. The van der Waals surface area contributed by atoms with Crippen molar-refractivity contribution in [2.45, 2.75) is 57.1 Å². The fourth-order valence-electron chi connectivity index (χ4n) is 3.83. The van der Waals surface area contributed by atoms with E-state index in [4.69, 9.17) is 4.74 Å². The van der Waals surface area contributed by atoms with Crippen LogP contribution in [0.4, 0.5) is 0 Å². The highest BCUT2D eigenvalue weighted by atomic mass is 16.5. The first kappa shape index (κ1) is 12.9. The summed E-state index contributed by atoms with van der Waals surface area (Å²) in [4.78, 5) is 5.41. The van der Waals surface area contributed by atoms with Gasteiger partial charge >= 0.3 is 0 Å². The number of rotatable bonds is 4. The first-order valence-electron chi connectivity index (χ1n) is 8.00. The zero-order valence-corrected chi connectivity index (χ0v) is 11.6. The predicted molar refractivity (Wildman–Crippen MR) is 73.9 cm³/mol. The summed E-state index contributed by atoms with van der Waals surface area (Å²) in [7, 11) is 0. The largest absolute Gasteiger partial charge is 0.377 e. The van der Waals surface area contributed by atoms with Crippen molar-refractivity contribution in [2.75, 3.05) is 39.3 Å². The average molecular weight is 252 g/mol. The standard InChI is InChI=1S/C15H28N2O/c1-2-8-16(9-3-1)12-14-6-4-10-17(14)13-15-7-5-11-18-15/h14-15H,1-13H2/t14-,15-/m0/s1. The van der Waals surface area contributed by atoms with Gasteiger partial charge in [0.05, 0.1) is 6.10 Å². The Bertz CT molecular complexity index is 247. The number of piperidine rings is 1. The number of likely N-dealkylation sites (tertiary alicyclic amines) is 2.